The lowest BCUT2D eigenvalue weighted by atomic mass is 10.1. The molecule has 6 heteroatoms. The molecule has 84 valence electrons. The maximum Gasteiger partial charge on any atom is 0.316 e. The lowest BCUT2D eigenvalue weighted by Gasteiger charge is -2.23. The van der Waals surface area contributed by atoms with Crippen molar-refractivity contribution in [1.29, 1.82) is 0 Å². The summed E-state index contributed by atoms with van der Waals surface area (Å²) in [5.74, 6) is -3.25. The van der Waals surface area contributed by atoms with Gasteiger partial charge in [0.05, 0.1) is 0 Å². The Morgan fingerprint density at radius 3 is 2.60 bits per heavy atom. The first kappa shape index (κ1) is 11.5. The van der Waals surface area contributed by atoms with Crippen molar-refractivity contribution in [2.45, 2.75) is 25.8 Å². The molecule has 0 aromatic carbocycles. The minimum atomic E-state index is -1.14. The summed E-state index contributed by atoms with van der Waals surface area (Å²) in [4.78, 5) is 34.5. The molecule has 0 aromatic rings. The van der Waals surface area contributed by atoms with Crippen molar-refractivity contribution in [2.24, 2.45) is 11.7 Å². The molecule has 1 aliphatic rings. The van der Waals surface area contributed by atoms with Gasteiger partial charge in [0.15, 0.2) is 0 Å². The van der Waals surface area contributed by atoms with E-state index in [-0.39, 0.29) is 13.0 Å². The molecule has 0 radical (unpaired) electrons. The fraction of sp³-hybridized carbons (Fsp3) is 0.667. The number of hydrogen-bond donors (Lipinski definition) is 2. The van der Waals surface area contributed by atoms with Crippen LogP contribution in [0.5, 0.6) is 0 Å². The van der Waals surface area contributed by atoms with Crippen LogP contribution in [0.1, 0.15) is 19.8 Å². The number of nitrogens with two attached hydrogens (primary N) is 1. The molecule has 1 saturated heterocycles. The molecule has 1 aliphatic heterocycles. The van der Waals surface area contributed by atoms with Crippen molar-refractivity contribution in [3.63, 3.8) is 0 Å². The highest BCUT2D eigenvalue weighted by Crippen LogP contribution is 2.21. The highest BCUT2D eigenvalue weighted by molar-refractivity contribution is 6.00. The van der Waals surface area contributed by atoms with Gasteiger partial charge in [0.25, 0.3) is 0 Å². The molecular weight excluding hydrogens is 200 g/mol. The third kappa shape index (κ3) is 2.08. The molecule has 1 rings (SSSR count). The van der Waals surface area contributed by atoms with Crippen molar-refractivity contribution in [2.75, 3.05) is 6.54 Å². The monoisotopic (exact) mass is 214 g/mol. The van der Waals surface area contributed by atoms with E-state index in [0.29, 0.717) is 6.42 Å². The average molecular weight is 214 g/mol. The molecule has 1 heterocycles. The summed E-state index contributed by atoms with van der Waals surface area (Å²) < 4.78 is 0. The van der Waals surface area contributed by atoms with E-state index in [2.05, 4.69) is 0 Å². The third-order valence-electron chi connectivity index (χ3n) is 2.63. The van der Waals surface area contributed by atoms with E-state index in [1.54, 1.807) is 6.92 Å². The predicted molar refractivity (Wildman–Crippen MR) is 50.7 cm³/mol. The minimum absolute atomic E-state index is 0.248. The molecule has 6 nitrogen and oxygen atoms in total. The topological polar surface area (TPSA) is 101 Å². The number of carbonyl (C=O) groups is 3. The zero-order valence-corrected chi connectivity index (χ0v) is 8.47. The average Bonchev–Trinajstić information content (AvgIpc) is 2.49. The molecule has 2 unspecified atom stereocenters. The van der Waals surface area contributed by atoms with Gasteiger partial charge >= 0.3 is 5.97 Å². The highest BCUT2D eigenvalue weighted by Gasteiger charge is 2.40. The van der Waals surface area contributed by atoms with Gasteiger partial charge in [-0.15, -0.1) is 0 Å². The van der Waals surface area contributed by atoms with E-state index >= 15 is 0 Å². The molecule has 0 spiro atoms. The lowest BCUT2D eigenvalue weighted by molar-refractivity contribution is -0.149. The number of carboxylic acid groups (broad SMARTS) is 1. The molecule has 1 fully saturated rings. The number of rotatable bonds is 4. The predicted octanol–water partition coefficient (Wildman–Crippen LogP) is -0.817. The Kier molecular flexibility index (Phi) is 3.28. The largest absolute Gasteiger partial charge is 0.481 e. The number of amides is 2. The standard InChI is InChI=1S/C9H14N2O4/c1-2-6(7(10)12)11-4-3-5(8(11)13)9(14)15/h5-6H,2-4H2,1H3,(H2,10,12)(H,14,15). The van der Waals surface area contributed by atoms with Gasteiger partial charge in [-0.2, -0.15) is 0 Å². The zero-order chi connectivity index (χ0) is 11.6. The van der Waals surface area contributed by atoms with Crippen molar-refractivity contribution in [3.05, 3.63) is 0 Å². The van der Waals surface area contributed by atoms with Gasteiger partial charge in [0.1, 0.15) is 12.0 Å². The molecule has 15 heavy (non-hydrogen) atoms. The van der Waals surface area contributed by atoms with Gasteiger partial charge < -0.3 is 15.7 Å². The Morgan fingerprint density at radius 2 is 2.27 bits per heavy atom. The van der Waals surface area contributed by atoms with Crippen LogP contribution in [0.4, 0.5) is 0 Å². The SMILES string of the molecule is CCC(C(N)=O)N1CCC(C(=O)O)C1=O. The quantitative estimate of drug-likeness (QED) is 0.597. The maximum absolute atomic E-state index is 11.6. The van der Waals surface area contributed by atoms with Gasteiger partial charge in [-0.05, 0) is 12.8 Å². The van der Waals surface area contributed by atoms with Gasteiger partial charge in [0.2, 0.25) is 11.8 Å². The Bertz CT molecular complexity index is 302. The van der Waals surface area contributed by atoms with Crippen molar-refractivity contribution >= 4 is 17.8 Å². The third-order valence-corrected chi connectivity index (χ3v) is 2.63. The first-order valence-corrected chi connectivity index (χ1v) is 4.81. The van der Waals surface area contributed by atoms with Crippen LogP contribution in [0, 0.1) is 5.92 Å². The zero-order valence-electron chi connectivity index (χ0n) is 8.47. The van der Waals surface area contributed by atoms with Crippen LogP contribution in [-0.4, -0.2) is 40.4 Å². The first-order chi connectivity index (χ1) is 6.99. The number of carboxylic acids is 1. The number of aliphatic carboxylic acids is 1. The molecular formula is C9H14N2O4. The number of hydrogen-bond acceptors (Lipinski definition) is 3. The van der Waals surface area contributed by atoms with Crippen molar-refractivity contribution in [3.8, 4) is 0 Å². The summed E-state index contributed by atoms with van der Waals surface area (Å²) in [7, 11) is 0. The number of nitrogens with zero attached hydrogens (tertiary/aromatic N) is 1. The fourth-order valence-corrected chi connectivity index (χ4v) is 1.82. The first-order valence-electron chi connectivity index (χ1n) is 4.81. The normalized spacial score (nSPS) is 22.9. The van der Waals surface area contributed by atoms with E-state index in [9.17, 15) is 14.4 Å². The van der Waals surface area contributed by atoms with E-state index in [1.165, 1.54) is 4.90 Å². The van der Waals surface area contributed by atoms with Crippen LogP contribution < -0.4 is 5.73 Å². The number of carbonyl (C=O) groups excluding carboxylic acids is 2. The lowest BCUT2D eigenvalue weighted by Crippen LogP contribution is -2.46. The second kappa shape index (κ2) is 4.29. The van der Waals surface area contributed by atoms with Crippen molar-refractivity contribution < 1.29 is 19.5 Å². The number of likely N-dealkylation sites (tertiary alicyclic amines) is 1. The van der Waals surface area contributed by atoms with Gasteiger partial charge in [-0.1, -0.05) is 6.92 Å². The molecule has 0 bridgehead atoms. The van der Waals surface area contributed by atoms with Crippen LogP contribution in [0.3, 0.4) is 0 Å². The summed E-state index contributed by atoms with van der Waals surface area (Å²) in [5, 5.41) is 8.73. The van der Waals surface area contributed by atoms with Crippen LogP contribution in [0.15, 0.2) is 0 Å². The molecule has 0 saturated carbocycles. The van der Waals surface area contributed by atoms with Gasteiger partial charge in [-0.3, -0.25) is 14.4 Å². The molecule has 3 N–H and O–H groups in total. The molecule has 0 aromatic heterocycles. The van der Waals surface area contributed by atoms with Gasteiger partial charge in [-0.25, -0.2) is 0 Å². The van der Waals surface area contributed by atoms with Gasteiger partial charge in [0, 0.05) is 6.54 Å². The fourth-order valence-electron chi connectivity index (χ4n) is 1.82. The van der Waals surface area contributed by atoms with Crippen LogP contribution in [0.25, 0.3) is 0 Å². The Balaban J connectivity index is 2.78. The summed E-state index contributed by atoms with van der Waals surface area (Å²) in [5.41, 5.74) is 5.13. The smallest absolute Gasteiger partial charge is 0.316 e. The van der Waals surface area contributed by atoms with Crippen LogP contribution in [-0.2, 0) is 14.4 Å². The highest BCUT2D eigenvalue weighted by atomic mass is 16.4. The maximum atomic E-state index is 11.6. The second-order valence-electron chi connectivity index (χ2n) is 3.54. The van der Waals surface area contributed by atoms with Crippen LogP contribution in [0.2, 0.25) is 0 Å². The summed E-state index contributed by atoms with van der Waals surface area (Å²) in [6.07, 6.45) is 0.658. The van der Waals surface area contributed by atoms with E-state index in [0.717, 1.165) is 0 Å². The summed E-state index contributed by atoms with van der Waals surface area (Å²) in [6.45, 7) is 2.02. The van der Waals surface area contributed by atoms with E-state index < -0.39 is 29.7 Å². The molecule has 0 aliphatic carbocycles. The number of primary amides is 1. The van der Waals surface area contributed by atoms with Crippen molar-refractivity contribution in [1.82, 2.24) is 4.90 Å². The van der Waals surface area contributed by atoms with E-state index in [1.807, 2.05) is 0 Å². The second-order valence-corrected chi connectivity index (χ2v) is 3.54. The Labute approximate surface area is 87.0 Å². The molecule has 2 atom stereocenters. The van der Waals surface area contributed by atoms with Crippen LogP contribution >= 0.6 is 0 Å². The molecule has 2 amide bonds. The minimum Gasteiger partial charge on any atom is -0.481 e. The Morgan fingerprint density at radius 1 is 1.67 bits per heavy atom. The summed E-state index contributed by atoms with van der Waals surface area (Å²) in [6, 6.07) is -0.679. The van der Waals surface area contributed by atoms with E-state index in [4.69, 9.17) is 10.8 Å². The summed E-state index contributed by atoms with van der Waals surface area (Å²) >= 11 is 0. The Hall–Kier alpha value is -1.59.